The number of nitrogens with zero attached hydrogens (tertiary/aromatic N) is 1. The Morgan fingerprint density at radius 2 is 1.96 bits per heavy atom. The van der Waals surface area contributed by atoms with E-state index in [0.29, 0.717) is 24.1 Å². The lowest BCUT2D eigenvalue weighted by Gasteiger charge is -2.38. The second kappa shape index (κ2) is 8.99. The van der Waals surface area contributed by atoms with Gasteiger partial charge in [-0.1, -0.05) is 13.8 Å². The number of furan rings is 2. The topological polar surface area (TPSA) is 55.8 Å². The van der Waals surface area contributed by atoms with E-state index in [1.54, 1.807) is 24.7 Å². The van der Waals surface area contributed by atoms with Gasteiger partial charge >= 0.3 is 0 Å². The monoisotopic (exact) mass is 387 g/mol. The van der Waals surface area contributed by atoms with E-state index in [-0.39, 0.29) is 17.4 Å². The van der Waals surface area contributed by atoms with Crippen molar-refractivity contribution in [3.05, 3.63) is 48.3 Å². The molecule has 5 heteroatoms. The summed E-state index contributed by atoms with van der Waals surface area (Å²) in [5.41, 5.74) is -0.128. The zero-order valence-corrected chi connectivity index (χ0v) is 17.5. The van der Waals surface area contributed by atoms with E-state index in [1.807, 2.05) is 17.0 Å². The van der Waals surface area contributed by atoms with Crippen molar-refractivity contribution >= 4 is 5.91 Å². The van der Waals surface area contributed by atoms with E-state index >= 15 is 0 Å². The van der Waals surface area contributed by atoms with Gasteiger partial charge in [-0.05, 0) is 69.2 Å². The summed E-state index contributed by atoms with van der Waals surface area (Å²) in [5, 5.41) is 0. The first-order chi connectivity index (χ1) is 13.4. The van der Waals surface area contributed by atoms with Crippen LogP contribution in [0.3, 0.4) is 0 Å². The van der Waals surface area contributed by atoms with E-state index < -0.39 is 0 Å². The molecule has 28 heavy (non-hydrogen) atoms. The second-order valence-corrected chi connectivity index (χ2v) is 8.85. The Kier molecular flexibility index (Phi) is 6.65. The standard InChI is InChI=1S/C23H33NO4/c1-17(2)19(20-7-5-12-26-20)9-11-24(22(25)21-8-6-13-27-21)16-18-10-14-28-23(3,4)15-18/h5-8,12-13,17-19H,9-11,14-16H2,1-4H3. The molecule has 2 aromatic heterocycles. The molecule has 2 aromatic rings. The molecule has 0 aliphatic carbocycles. The van der Waals surface area contributed by atoms with Crippen molar-refractivity contribution in [1.29, 1.82) is 0 Å². The second-order valence-electron chi connectivity index (χ2n) is 8.85. The minimum Gasteiger partial charge on any atom is -0.469 e. The summed E-state index contributed by atoms with van der Waals surface area (Å²) >= 11 is 0. The number of rotatable bonds is 8. The average molecular weight is 388 g/mol. The van der Waals surface area contributed by atoms with Crippen LogP contribution in [-0.2, 0) is 4.74 Å². The highest BCUT2D eigenvalue weighted by atomic mass is 16.5. The molecular weight excluding hydrogens is 354 g/mol. The zero-order valence-electron chi connectivity index (χ0n) is 17.5. The summed E-state index contributed by atoms with van der Waals surface area (Å²) in [6.07, 6.45) is 6.09. The largest absolute Gasteiger partial charge is 0.469 e. The number of hydrogen-bond acceptors (Lipinski definition) is 4. The third-order valence-electron chi connectivity index (χ3n) is 5.72. The Bertz CT molecular complexity index is 718. The van der Waals surface area contributed by atoms with Crippen LogP contribution in [0.2, 0.25) is 0 Å². The third-order valence-corrected chi connectivity index (χ3v) is 5.72. The molecule has 0 radical (unpaired) electrons. The van der Waals surface area contributed by atoms with Gasteiger partial charge in [-0.15, -0.1) is 0 Å². The molecule has 2 unspecified atom stereocenters. The van der Waals surface area contributed by atoms with Crippen molar-refractivity contribution in [2.24, 2.45) is 11.8 Å². The van der Waals surface area contributed by atoms with Gasteiger partial charge in [0, 0.05) is 25.6 Å². The van der Waals surface area contributed by atoms with Crippen molar-refractivity contribution in [2.45, 2.75) is 58.5 Å². The first-order valence-corrected chi connectivity index (χ1v) is 10.4. The first kappa shape index (κ1) is 20.7. The summed E-state index contributed by atoms with van der Waals surface area (Å²) in [7, 11) is 0. The van der Waals surface area contributed by atoms with Gasteiger partial charge in [0.05, 0.1) is 18.1 Å². The molecule has 1 saturated heterocycles. The van der Waals surface area contributed by atoms with Gasteiger partial charge in [0.25, 0.3) is 5.91 Å². The van der Waals surface area contributed by atoms with E-state index in [0.717, 1.165) is 38.2 Å². The first-order valence-electron chi connectivity index (χ1n) is 10.4. The maximum atomic E-state index is 13.1. The molecule has 3 heterocycles. The van der Waals surface area contributed by atoms with E-state index in [9.17, 15) is 4.79 Å². The maximum Gasteiger partial charge on any atom is 0.289 e. The van der Waals surface area contributed by atoms with Crippen LogP contribution >= 0.6 is 0 Å². The number of hydrogen-bond donors (Lipinski definition) is 0. The average Bonchev–Trinajstić information content (AvgIpc) is 3.33. The van der Waals surface area contributed by atoms with Gasteiger partial charge < -0.3 is 18.5 Å². The van der Waals surface area contributed by atoms with Crippen LogP contribution < -0.4 is 0 Å². The summed E-state index contributed by atoms with van der Waals surface area (Å²) < 4.78 is 16.9. The fourth-order valence-electron chi connectivity index (χ4n) is 4.26. The van der Waals surface area contributed by atoms with Gasteiger partial charge in [0.15, 0.2) is 5.76 Å². The number of amides is 1. The van der Waals surface area contributed by atoms with Gasteiger partial charge in [-0.25, -0.2) is 0 Å². The molecular formula is C23H33NO4. The summed E-state index contributed by atoms with van der Waals surface area (Å²) in [5.74, 6) is 2.53. The predicted molar refractivity (Wildman–Crippen MR) is 108 cm³/mol. The van der Waals surface area contributed by atoms with Crippen LogP contribution in [0.15, 0.2) is 45.6 Å². The summed E-state index contributed by atoms with van der Waals surface area (Å²) in [4.78, 5) is 15.0. The molecule has 3 rings (SSSR count). The molecule has 154 valence electrons. The van der Waals surface area contributed by atoms with Crippen LogP contribution in [0, 0.1) is 11.8 Å². The minimum absolute atomic E-state index is 0.0313. The fourth-order valence-corrected chi connectivity index (χ4v) is 4.26. The third kappa shape index (κ3) is 5.28. The van der Waals surface area contributed by atoms with Crippen LogP contribution in [0.5, 0.6) is 0 Å². The van der Waals surface area contributed by atoms with Crippen molar-refractivity contribution in [3.8, 4) is 0 Å². The lowest BCUT2D eigenvalue weighted by atomic mass is 9.87. The Morgan fingerprint density at radius 3 is 2.57 bits per heavy atom. The molecule has 5 nitrogen and oxygen atoms in total. The number of ether oxygens (including phenoxy) is 1. The summed E-state index contributed by atoms with van der Waals surface area (Å²) in [6.45, 7) is 10.8. The van der Waals surface area contributed by atoms with Crippen molar-refractivity contribution in [2.75, 3.05) is 19.7 Å². The maximum absolute atomic E-state index is 13.1. The van der Waals surface area contributed by atoms with Crippen LogP contribution in [0.1, 0.15) is 69.2 Å². The Morgan fingerprint density at radius 1 is 1.21 bits per heavy atom. The smallest absolute Gasteiger partial charge is 0.289 e. The molecule has 0 aromatic carbocycles. The molecule has 0 bridgehead atoms. The zero-order chi connectivity index (χ0) is 20.1. The SMILES string of the molecule is CC(C)C(CCN(CC1CCOC(C)(C)C1)C(=O)c1ccco1)c1ccco1. The molecule has 2 atom stereocenters. The normalized spacial score (nSPS) is 20.2. The lowest BCUT2D eigenvalue weighted by Crippen LogP contribution is -2.42. The van der Waals surface area contributed by atoms with Gasteiger partial charge in [-0.2, -0.15) is 0 Å². The molecule has 1 amide bonds. The molecule has 0 spiro atoms. The lowest BCUT2D eigenvalue weighted by molar-refractivity contribution is -0.0758. The summed E-state index contributed by atoms with van der Waals surface area (Å²) in [6, 6.07) is 7.48. The fraction of sp³-hybridized carbons (Fsp3) is 0.609. The van der Waals surface area contributed by atoms with E-state index in [1.165, 1.54) is 0 Å². The van der Waals surface area contributed by atoms with Crippen molar-refractivity contribution < 1.29 is 18.4 Å². The highest BCUT2D eigenvalue weighted by molar-refractivity contribution is 5.91. The van der Waals surface area contributed by atoms with Crippen LogP contribution in [0.4, 0.5) is 0 Å². The van der Waals surface area contributed by atoms with Gasteiger partial charge in [0.2, 0.25) is 0 Å². The van der Waals surface area contributed by atoms with Crippen molar-refractivity contribution in [1.82, 2.24) is 4.90 Å². The van der Waals surface area contributed by atoms with Crippen LogP contribution in [0.25, 0.3) is 0 Å². The Balaban J connectivity index is 1.71. The molecule has 1 aliphatic rings. The highest BCUT2D eigenvalue weighted by Crippen LogP contribution is 2.31. The quantitative estimate of drug-likeness (QED) is 0.613. The van der Waals surface area contributed by atoms with Crippen molar-refractivity contribution in [3.63, 3.8) is 0 Å². The number of carbonyl (C=O) groups excluding carboxylic acids is 1. The predicted octanol–water partition coefficient (Wildman–Crippen LogP) is 5.35. The van der Waals surface area contributed by atoms with E-state index in [2.05, 4.69) is 27.7 Å². The Hall–Kier alpha value is -2.01. The molecule has 0 saturated carbocycles. The molecule has 0 N–H and O–H groups in total. The van der Waals surface area contributed by atoms with Crippen LogP contribution in [-0.4, -0.2) is 36.1 Å². The molecule has 1 aliphatic heterocycles. The highest BCUT2D eigenvalue weighted by Gasteiger charge is 2.32. The minimum atomic E-state index is -0.128. The Labute approximate surface area is 168 Å². The molecule has 1 fully saturated rings. The van der Waals surface area contributed by atoms with E-state index in [4.69, 9.17) is 13.6 Å². The number of carbonyl (C=O) groups is 1. The van der Waals surface area contributed by atoms with Gasteiger partial charge in [-0.3, -0.25) is 4.79 Å². The van der Waals surface area contributed by atoms with Gasteiger partial charge in [0.1, 0.15) is 5.76 Å².